The summed E-state index contributed by atoms with van der Waals surface area (Å²) >= 11 is 3.54. The predicted octanol–water partition coefficient (Wildman–Crippen LogP) is 1.09. The molecule has 6 nitrogen and oxygen atoms in total. The van der Waals surface area contributed by atoms with E-state index in [4.69, 9.17) is 0 Å². The van der Waals surface area contributed by atoms with Gasteiger partial charge in [-0.3, -0.25) is 4.79 Å². The SMILES string of the molecule is Cn1ncc2c(=O)n(CC3(CBr)CCC3)nnc21. The van der Waals surface area contributed by atoms with E-state index in [-0.39, 0.29) is 11.0 Å². The number of alkyl halides is 1. The highest BCUT2D eigenvalue weighted by atomic mass is 79.9. The lowest BCUT2D eigenvalue weighted by molar-refractivity contribution is 0.130. The van der Waals surface area contributed by atoms with Crippen molar-refractivity contribution in [1.29, 1.82) is 0 Å². The fourth-order valence-electron chi connectivity index (χ4n) is 2.41. The van der Waals surface area contributed by atoms with Crippen LogP contribution in [0.5, 0.6) is 0 Å². The highest BCUT2D eigenvalue weighted by molar-refractivity contribution is 9.09. The molecule has 0 saturated heterocycles. The molecule has 0 bridgehead atoms. The fraction of sp³-hybridized carbons (Fsp3) is 0.636. The lowest BCUT2D eigenvalue weighted by Gasteiger charge is -2.40. The standard InChI is InChI=1S/C11H14BrN5O/c1-16-9-8(5-13-16)10(18)17(15-14-9)7-11(6-12)3-2-4-11/h5H,2-4,6-7H2,1H3. The van der Waals surface area contributed by atoms with Gasteiger partial charge in [0.25, 0.3) is 5.56 Å². The maximum atomic E-state index is 12.3. The van der Waals surface area contributed by atoms with Crippen LogP contribution in [0.25, 0.3) is 11.0 Å². The zero-order chi connectivity index (χ0) is 12.8. The van der Waals surface area contributed by atoms with Crippen molar-refractivity contribution in [2.45, 2.75) is 25.8 Å². The summed E-state index contributed by atoms with van der Waals surface area (Å²) in [6, 6.07) is 0. The fourth-order valence-corrected chi connectivity index (χ4v) is 3.15. The molecule has 0 radical (unpaired) electrons. The quantitative estimate of drug-likeness (QED) is 0.796. The molecule has 0 unspecified atom stereocenters. The average molecular weight is 312 g/mol. The molecule has 2 aromatic heterocycles. The molecular weight excluding hydrogens is 298 g/mol. The largest absolute Gasteiger partial charge is 0.280 e. The third kappa shape index (κ3) is 1.68. The molecule has 0 N–H and O–H groups in total. The second-order valence-corrected chi connectivity index (χ2v) is 5.61. The van der Waals surface area contributed by atoms with E-state index in [0.717, 1.165) is 18.2 Å². The molecule has 0 atom stereocenters. The second-order valence-electron chi connectivity index (χ2n) is 5.04. The van der Waals surface area contributed by atoms with E-state index >= 15 is 0 Å². The van der Waals surface area contributed by atoms with Crippen LogP contribution < -0.4 is 5.56 Å². The maximum Gasteiger partial charge on any atom is 0.280 e. The summed E-state index contributed by atoms with van der Waals surface area (Å²) in [5.41, 5.74) is 0.618. The van der Waals surface area contributed by atoms with Crippen molar-refractivity contribution >= 4 is 27.0 Å². The van der Waals surface area contributed by atoms with E-state index in [2.05, 4.69) is 31.3 Å². The molecule has 7 heteroatoms. The van der Waals surface area contributed by atoms with Crippen molar-refractivity contribution in [2.24, 2.45) is 12.5 Å². The molecule has 1 saturated carbocycles. The van der Waals surface area contributed by atoms with Crippen LogP contribution in [0.4, 0.5) is 0 Å². The lowest BCUT2D eigenvalue weighted by atomic mass is 9.70. The number of aryl methyl sites for hydroxylation is 1. The molecule has 1 fully saturated rings. The number of nitrogens with zero attached hydrogens (tertiary/aromatic N) is 5. The second kappa shape index (κ2) is 4.15. The van der Waals surface area contributed by atoms with Crippen molar-refractivity contribution in [3.8, 4) is 0 Å². The molecule has 3 rings (SSSR count). The Balaban J connectivity index is 2.03. The van der Waals surface area contributed by atoms with E-state index in [0.29, 0.717) is 17.6 Å². The Hall–Kier alpha value is -1.24. The minimum Gasteiger partial charge on any atom is -0.267 e. The average Bonchev–Trinajstić information content (AvgIpc) is 2.69. The minimum atomic E-state index is -0.0969. The molecule has 1 aliphatic rings. The summed E-state index contributed by atoms with van der Waals surface area (Å²) < 4.78 is 3.04. The molecule has 0 spiro atoms. The van der Waals surface area contributed by atoms with Crippen LogP contribution in [0.3, 0.4) is 0 Å². The first kappa shape index (κ1) is 11.8. The Kier molecular flexibility index (Phi) is 2.73. The molecule has 18 heavy (non-hydrogen) atoms. The van der Waals surface area contributed by atoms with Crippen LogP contribution in [-0.4, -0.2) is 30.1 Å². The number of hydrogen-bond donors (Lipinski definition) is 0. The Labute approximate surface area is 112 Å². The highest BCUT2D eigenvalue weighted by Gasteiger charge is 2.37. The van der Waals surface area contributed by atoms with Crippen molar-refractivity contribution in [3.05, 3.63) is 16.6 Å². The van der Waals surface area contributed by atoms with Gasteiger partial charge in [-0.05, 0) is 18.3 Å². The minimum absolute atomic E-state index is 0.0969. The Morgan fingerprint density at radius 2 is 2.28 bits per heavy atom. The summed E-state index contributed by atoms with van der Waals surface area (Å²) in [5.74, 6) is 0. The first-order valence-electron chi connectivity index (χ1n) is 5.97. The van der Waals surface area contributed by atoms with Gasteiger partial charge in [-0.25, -0.2) is 9.36 Å². The van der Waals surface area contributed by atoms with Crippen LogP contribution in [-0.2, 0) is 13.6 Å². The summed E-state index contributed by atoms with van der Waals surface area (Å²) in [4.78, 5) is 12.3. The Morgan fingerprint density at radius 3 is 2.89 bits per heavy atom. The zero-order valence-corrected chi connectivity index (χ0v) is 11.7. The van der Waals surface area contributed by atoms with Gasteiger partial charge in [0, 0.05) is 12.4 Å². The van der Waals surface area contributed by atoms with Crippen LogP contribution in [0.2, 0.25) is 0 Å². The molecule has 1 aliphatic carbocycles. The highest BCUT2D eigenvalue weighted by Crippen LogP contribution is 2.43. The van der Waals surface area contributed by atoms with Gasteiger partial charge in [-0.2, -0.15) is 5.10 Å². The van der Waals surface area contributed by atoms with Gasteiger partial charge in [-0.1, -0.05) is 27.6 Å². The smallest absolute Gasteiger partial charge is 0.267 e. The van der Waals surface area contributed by atoms with Gasteiger partial charge in [0.2, 0.25) is 0 Å². The first-order valence-corrected chi connectivity index (χ1v) is 7.09. The van der Waals surface area contributed by atoms with E-state index in [9.17, 15) is 4.79 Å². The molecular formula is C11H14BrN5O. The van der Waals surface area contributed by atoms with Crippen molar-refractivity contribution < 1.29 is 0 Å². The molecule has 2 heterocycles. The molecule has 0 aromatic carbocycles. The van der Waals surface area contributed by atoms with E-state index in [1.165, 1.54) is 11.1 Å². The van der Waals surface area contributed by atoms with Gasteiger partial charge < -0.3 is 0 Å². The maximum absolute atomic E-state index is 12.3. The summed E-state index contributed by atoms with van der Waals surface area (Å²) in [6.45, 7) is 0.634. The van der Waals surface area contributed by atoms with Crippen LogP contribution >= 0.6 is 15.9 Å². The summed E-state index contributed by atoms with van der Waals surface area (Å²) in [5, 5.41) is 13.6. The number of hydrogen-bond acceptors (Lipinski definition) is 4. The molecule has 0 aliphatic heterocycles. The van der Waals surface area contributed by atoms with Gasteiger partial charge in [0.05, 0.1) is 12.7 Å². The molecule has 96 valence electrons. The van der Waals surface area contributed by atoms with Crippen LogP contribution in [0, 0.1) is 5.41 Å². The topological polar surface area (TPSA) is 65.6 Å². The van der Waals surface area contributed by atoms with Crippen LogP contribution in [0.15, 0.2) is 11.0 Å². The van der Waals surface area contributed by atoms with E-state index in [1.807, 2.05) is 0 Å². The number of aromatic nitrogens is 5. The van der Waals surface area contributed by atoms with E-state index in [1.54, 1.807) is 17.9 Å². The Morgan fingerprint density at radius 1 is 1.50 bits per heavy atom. The van der Waals surface area contributed by atoms with Crippen molar-refractivity contribution in [1.82, 2.24) is 24.8 Å². The number of halogens is 1. The Bertz CT molecular complexity index is 637. The van der Waals surface area contributed by atoms with Gasteiger partial charge in [-0.15, -0.1) is 5.10 Å². The molecule has 2 aromatic rings. The summed E-state index contributed by atoms with van der Waals surface area (Å²) in [7, 11) is 1.76. The molecule has 0 amide bonds. The third-order valence-electron chi connectivity index (χ3n) is 3.80. The van der Waals surface area contributed by atoms with Crippen molar-refractivity contribution in [3.63, 3.8) is 0 Å². The normalized spacial score (nSPS) is 17.9. The van der Waals surface area contributed by atoms with Gasteiger partial charge in [0.15, 0.2) is 5.65 Å². The third-order valence-corrected chi connectivity index (χ3v) is 4.99. The lowest BCUT2D eigenvalue weighted by Crippen LogP contribution is -2.40. The zero-order valence-electron chi connectivity index (χ0n) is 10.1. The van der Waals surface area contributed by atoms with Crippen molar-refractivity contribution in [2.75, 3.05) is 5.33 Å². The van der Waals surface area contributed by atoms with Gasteiger partial charge >= 0.3 is 0 Å². The van der Waals surface area contributed by atoms with Crippen LogP contribution in [0.1, 0.15) is 19.3 Å². The van der Waals surface area contributed by atoms with E-state index < -0.39 is 0 Å². The predicted molar refractivity (Wildman–Crippen MR) is 70.6 cm³/mol. The number of fused-ring (bicyclic) bond motifs is 1. The summed E-state index contributed by atoms with van der Waals surface area (Å²) in [6.07, 6.45) is 5.06. The number of rotatable bonds is 3. The van der Waals surface area contributed by atoms with Gasteiger partial charge in [0.1, 0.15) is 5.39 Å². The monoisotopic (exact) mass is 311 g/mol. The first-order chi connectivity index (χ1) is 8.65.